The Labute approximate surface area is 111 Å². The molecular formula is C11H20O8. The smallest absolute Gasteiger partial charge is 0.432 e. The minimum absolute atomic E-state index is 0.176. The van der Waals surface area contributed by atoms with Gasteiger partial charge in [-0.15, -0.1) is 0 Å². The van der Waals surface area contributed by atoms with Crippen LogP contribution >= 0.6 is 0 Å². The lowest BCUT2D eigenvalue weighted by Crippen LogP contribution is -2.25. The van der Waals surface area contributed by atoms with Crippen LogP contribution in [0.5, 0.6) is 0 Å². The fraction of sp³-hybridized carbons (Fsp3) is 0.818. The second-order valence-electron chi connectivity index (χ2n) is 4.06. The van der Waals surface area contributed by atoms with Crippen LogP contribution in [0.15, 0.2) is 0 Å². The predicted molar refractivity (Wildman–Crippen MR) is 62.6 cm³/mol. The van der Waals surface area contributed by atoms with E-state index >= 15 is 0 Å². The summed E-state index contributed by atoms with van der Waals surface area (Å²) >= 11 is 0. The maximum atomic E-state index is 11.1. The van der Waals surface area contributed by atoms with Crippen molar-refractivity contribution in [1.29, 1.82) is 0 Å². The molecule has 0 spiro atoms. The molecule has 0 amide bonds. The van der Waals surface area contributed by atoms with Crippen molar-refractivity contribution in [1.82, 2.24) is 0 Å². The first-order valence-corrected chi connectivity index (χ1v) is 5.80. The lowest BCUT2D eigenvalue weighted by Gasteiger charge is -2.14. The molecule has 0 heterocycles. The molecule has 0 aliphatic carbocycles. The van der Waals surface area contributed by atoms with E-state index in [2.05, 4.69) is 14.2 Å². The zero-order chi connectivity index (χ0) is 14.8. The quantitative estimate of drug-likeness (QED) is 0.646. The summed E-state index contributed by atoms with van der Waals surface area (Å²) in [4.78, 5) is 22.0. The van der Waals surface area contributed by atoms with Crippen molar-refractivity contribution in [3.63, 3.8) is 0 Å². The van der Waals surface area contributed by atoms with Crippen molar-refractivity contribution < 1.29 is 38.7 Å². The Bertz CT molecular complexity index is 276. The molecule has 2 N–H and O–H groups in total. The van der Waals surface area contributed by atoms with E-state index in [4.69, 9.17) is 14.9 Å². The SMILES string of the molecule is CC(O)COC(=O)OCC(C)OC(=O)OCC(C)O. The van der Waals surface area contributed by atoms with E-state index in [1.165, 1.54) is 20.8 Å². The van der Waals surface area contributed by atoms with Crippen molar-refractivity contribution >= 4 is 12.3 Å². The van der Waals surface area contributed by atoms with Gasteiger partial charge in [0, 0.05) is 0 Å². The normalized spacial score (nSPS) is 15.0. The Morgan fingerprint density at radius 1 is 0.842 bits per heavy atom. The fourth-order valence-corrected chi connectivity index (χ4v) is 0.837. The van der Waals surface area contributed by atoms with Crippen molar-refractivity contribution in [2.24, 2.45) is 0 Å². The van der Waals surface area contributed by atoms with Crippen molar-refractivity contribution in [2.75, 3.05) is 19.8 Å². The number of hydrogen-bond acceptors (Lipinski definition) is 8. The molecule has 0 rings (SSSR count). The molecule has 8 nitrogen and oxygen atoms in total. The predicted octanol–water partition coefficient (Wildman–Crippen LogP) is 0.443. The van der Waals surface area contributed by atoms with Crippen LogP contribution in [0, 0.1) is 0 Å². The van der Waals surface area contributed by atoms with E-state index in [1.807, 2.05) is 0 Å². The molecule has 3 unspecified atom stereocenters. The number of hydrogen-bond donors (Lipinski definition) is 2. The van der Waals surface area contributed by atoms with Crippen LogP contribution in [0.3, 0.4) is 0 Å². The Kier molecular flexibility index (Phi) is 8.64. The molecule has 3 atom stereocenters. The maximum Gasteiger partial charge on any atom is 0.508 e. The van der Waals surface area contributed by atoms with Gasteiger partial charge in [0.2, 0.25) is 0 Å². The Morgan fingerprint density at radius 2 is 1.26 bits per heavy atom. The Balaban J connectivity index is 3.71. The van der Waals surface area contributed by atoms with Crippen LogP contribution in [0.1, 0.15) is 20.8 Å². The molecule has 19 heavy (non-hydrogen) atoms. The molecule has 0 aromatic rings. The molecule has 0 aliphatic heterocycles. The van der Waals surface area contributed by atoms with E-state index < -0.39 is 30.6 Å². The number of carbonyl (C=O) groups is 2. The Hall–Kier alpha value is -1.54. The Morgan fingerprint density at radius 3 is 1.74 bits per heavy atom. The van der Waals surface area contributed by atoms with Crippen LogP contribution in [0.2, 0.25) is 0 Å². The lowest BCUT2D eigenvalue weighted by molar-refractivity contribution is -0.0256. The fourth-order valence-electron chi connectivity index (χ4n) is 0.837. The van der Waals surface area contributed by atoms with E-state index in [1.54, 1.807) is 0 Å². The molecule has 0 aliphatic rings. The summed E-state index contributed by atoms with van der Waals surface area (Å²) in [6.07, 6.45) is -4.21. The number of aliphatic hydroxyl groups excluding tert-OH is 2. The second-order valence-corrected chi connectivity index (χ2v) is 4.06. The summed E-state index contributed by atoms with van der Waals surface area (Å²) in [5.74, 6) is 0. The zero-order valence-corrected chi connectivity index (χ0v) is 11.2. The average molecular weight is 280 g/mol. The molecule has 0 saturated heterocycles. The van der Waals surface area contributed by atoms with E-state index in [0.29, 0.717) is 0 Å². The van der Waals surface area contributed by atoms with Gasteiger partial charge in [-0.3, -0.25) is 0 Å². The van der Waals surface area contributed by atoms with Crippen molar-refractivity contribution in [2.45, 2.75) is 39.1 Å². The molecule has 0 saturated carbocycles. The van der Waals surface area contributed by atoms with Crippen molar-refractivity contribution in [3.8, 4) is 0 Å². The van der Waals surface area contributed by atoms with Gasteiger partial charge in [-0.1, -0.05) is 0 Å². The van der Waals surface area contributed by atoms with Gasteiger partial charge in [-0.2, -0.15) is 0 Å². The summed E-state index contributed by atoms with van der Waals surface area (Å²) in [7, 11) is 0. The summed E-state index contributed by atoms with van der Waals surface area (Å²) < 4.78 is 18.4. The van der Waals surface area contributed by atoms with Gasteiger partial charge in [-0.25, -0.2) is 9.59 Å². The molecule has 0 radical (unpaired) electrons. The van der Waals surface area contributed by atoms with E-state index in [-0.39, 0.29) is 19.8 Å². The standard InChI is InChI=1S/C11H20O8/c1-7(12)4-16-10(14)18-6-9(3)19-11(15)17-5-8(2)13/h7-9,12-13H,4-6H2,1-3H3. The lowest BCUT2D eigenvalue weighted by atomic mass is 10.4. The topological polar surface area (TPSA) is 112 Å². The van der Waals surface area contributed by atoms with Gasteiger partial charge in [0.1, 0.15) is 25.9 Å². The van der Waals surface area contributed by atoms with Crippen LogP contribution in [-0.4, -0.2) is 60.7 Å². The van der Waals surface area contributed by atoms with Gasteiger partial charge in [0.25, 0.3) is 0 Å². The molecule has 8 heteroatoms. The van der Waals surface area contributed by atoms with E-state index in [0.717, 1.165) is 0 Å². The monoisotopic (exact) mass is 280 g/mol. The number of carbonyl (C=O) groups excluding carboxylic acids is 2. The van der Waals surface area contributed by atoms with Gasteiger partial charge >= 0.3 is 12.3 Å². The van der Waals surface area contributed by atoms with Gasteiger partial charge in [-0.05, 0) is 20.8 Å². The highest BCUT2D eigenvalue weighted by molar-refractivity contribution is 5.61. The summed E-state index contributed by atoms with van der Waals surface area (Å²) in [5, 5.41) is 17.7. The van der Waals surface area contributed by atoms with Gasteiger partial charge in [0.15, 0.2) is 0 Å². The van der Waals surface area contributed by atoms with Crippen molar-refractivity contribution in [3.05, 3.63) is 0 Å². The average Bonchev–Trinajstić information content (AvgIpc) is 2.31. The summed E-state index contributed by atoms with van der Waals surface area (Å²) in [5.41, 5.74) is 0. The minimum atomic E-state index is -0.964. The van der Waals surface area contributed by atoms with Crippen LogP contribution in [0.4, 0.5) is 9.59 Å². The first-order valence-electron chi connectivity index (χ1n) is 5.80. The van der Waals surface area contributed by atoms with Crippen LogP contribution in [-0.2, 0) is 18.9 Å². The highest BCUT2D eigenvalue weighted by Gasteiger charge is 2.14. The number of rotatable bonds is 7. The zero-order valence-electron chi connectivity index (χ0n) is 11.2. The highest BCUT2D eigenvalue weighted by atomic mass is 16.8. The molecule has 0 aromatic carbocycles. The second kappa shape index (κ2) is 9.40. The van der Waals surface area contributed by atoms with Gasteiger partial charge in [0.05, 0.1) is 12.2 Å². The molecule has 0 aromatic heterocycles. The third-order valence-corrected chi connectivity index (χ3v) is 1.62. The largest absolute Gasteiger partial charge is 0.508 e. The molecule has 0 fully saturated rings. The maximum absolute atomic E-state index is 11.1. The summed E-state index contributed by atoms with van der Waals surface area (Å²) in [6, 6.07) is 0. The highest BCUT2D eigenvalue weighted by Crippen LogP contribution is 1.98. The molecule has 112 valence electrons. The molecular weight excluding hydrogens is 260 g/mol. The number of aliphatic hydroxyl groups is 2. The molecule has 0 bridgehead atoms. The minimum Gasteiger partial charge on any atom is -0.432 e. The summed E-state index contributed by atoms with van der Waals surface area (Å²) in [6.45, 7) is 3.84. The third-order valence-electron chi connectivity index (χ3n) is 1.62. The number of ether oxygens (including phenoxy) is 4. The first-order chi connectivity index (χ1) is 8.81. The van der Waals surface area contributed by atoms with E-state index in [9.17, 15) is 9.59 Å². The first kappa shape index (κ1) is 17.5. The van der Waals surface area contributed by atoms with Gasteiger partial charge < -0.3 is 29.2 Å². The third kappa shape index (κ3) is 11.3. The van der Waals surface area contributed by atoms with Crippen LogP contribution < -0.4 is 0 Å². The van der Waals surface area contributed by atoms with Crippen LogP contribution in [0.25, 0.3) is 0 Å².